The maximum absolute atomic E-state index is 13.3. The first-order chi connectivity index (χ1) is 17.5. The quantitative estimate of drug-likeness (QED) is 0.546. The molecule has 1 fully saturated rings. The van der Waals surface area contributed by atoms with E-state index in [1.165, 1.54) is 16.0 Å². The van der Waals surface area contributed by atoms with Crippen molar-refractivity contribution in [1.82, 2.24) is 19.8 Å². The highest BCUT2D eigenvalue weighted by atomic mass is 32.1. The highest BCUT2D eigenvalue weighted by Crippen LogP contribution is 2.42. The number of aryl methyl sites for hydroxylation is 1. The van der Waals surface area contributed by atoms with Crippen LogP contribution in [0.2, 0.25) is 0 Å². The second-order valence-electron chi connectivity index (χ2n) is 10.1. The number of hydrogen-bond acceptors (Lipinski definition) is 8. The fraction of sp³-hybridized carbons (Fsp3) is 0.481. The molecule has 1 aliphatic carbocycles. The number of carbonyl (C=O) groups excluding carboxylic acids is 1. The third kappa shape index (κ3) is 4.14. The number of benzene rings is 1. The molecule has 0 radical (unpaired) electrons. The van der Waals surface area contributed by atoms with Crippen molar-refractivity contribution in [2.45, 2.75) is 45.2 Å². The molecule has 1 N–H and O–H groups in total. The van der Waals surface area contributed by atoms with E-state index in [0.29, 0.717) is 25.1 Å². The number of likely N-dealkylation sites (tertiary alicyclic amines) is 1. The number of aromatic nitrogens is 2. The number of rotatable bonds is 6. The number of fused-ring (bicyclic) bond motifs is 4. The summed E-state index contributed by atoms with van der Waals surface area (Å²) >= 11 is 1.71. The van der Waals surface area contributed by atoms with Crippen molar-refractivity contribution < 1.29 is 9.53 Å². The first kappa shape index (κ1) is 23.4. The van der Waals surface area contributed by atoms with Crippen LogP contribution in [0.15, 0.2) is 23.5 Å². The maximum atomic E-state index is 13.3. The molecule has 3 aliphatic rings. The number of amides is 1. The normalized spacial score (nSPS) is 20.7. The predicted molar refractivity (Wildman–Crippen MR) is 144 cm³/mol. The zero-order chi connectivity index (χ0) is 24.8. The molecule has 0 bridgehead atoms. The molecule has 1 aromatic carbocycles. The van der Waals surface area contributed by atoms with Gasteiger partial charge in [0.25, 0.3) is 0 Å². The highest BCUT2D eigenvalue weighted by molar-refractivity contribution is 7.19. The second-order valence-corrected chi connectivity index (χ2v) is 11.2. The molecule has 0 unspecified atom stereocenters. The Labute approximate surface area is 215 Å². The van der Waals surface area contributed by atoms with Crippen molar-refractivity contribution >= 4 is 45.2 Å². The lowest BCUT2D eigenvalue weighted by atomic mass is 9.87. The Balaban J connectivity index is 1.27. The van der Waals surface area contributed by atoms with E-state index in [0.717, 1.165) is 71.8 Å². The van der Waals surface area contributed by atoms with E-state index in [2.05, 4.69) is 56.3 Å². The Morgan fingerprint density at radius 1 is 1.28 bits per heavy atom. The van der Waals surface area contributed by atoms with Crippen LogP contribution in [0.5, 0.6) is 5.75 Å². The minimum Gasteiger partial charge on any atom is -0.492 e. The van der Waals surface area contributed by atoms with Gasteiger partial charge in [-0.2, -0.15) is 0 Å². The lowest BCUT2D eigenvalue weighted by Crippen LogP contribution is -2.39. The largest absolute Gasteiger partial charge is 0.492 e. The predicted octanol–water partition coefficient (Wildman–Crippen LogP) is 4.03. The van der Waals surface area contributed by atoms with Crippen LogP contribution in [-0.2, 0) is 24.2 Å². The summed E-state index contributed by atoms with van der Waals surface area (Å²) in [5, 5.41) is 4.63. The summed E-state index contributed by atoms with van der Waals surface area (Å²) in [5.41, 5.74) is 4.46. The van der Waals surface area contributed by atoms with Crippen molar-refractivity contribution in [3.05, 3.63) is 40.0 Å². The first-order valence-corrected chi connectivity index (χ1v) is 13.6. The average molecular weight is 505 g/mol. The molecule has 6 rings (SSSR count). The summed E-state index contributed by atoms with van der Waals surface area (Å²) in [4.78, 5) is 33.5. The van der Waals surface area contributed by atoms with Crippen LogP contribution in [-0.4, -0.2) is 71.7 Å². The molecule has 2 aromatic heterocycles. The summed E-state index contributed by atoms with van der Waals surface area (Å²) in [6, 6.07) is 4.63. The van der Waals surface area contributed by atoms with Crippen LogP contribution in [0.3, 0.4) is 0 Å². The molecule has 188 valence electrons. The van der Waals surface area contributed by atoms with Crippen molar-refractivity contribution in [2.75, 3.05) is 39.1 Å². The zero-order valence-corrected chi connectivity index (χ0v) is 21.9. The molecule has 36 heavy (non-hydrogen) atoms. The number of thiophene rings is 1. The molecule has 4 heterocycles. The lowest BCUT2D eigenvalue weighted by Gasteiger charge is -2.27. The number of anilines is 2. The lowest BCUT2D eigenvalue weighted by molar-refractivity contribution is -0.134. The number of aliphatic imine (C=N–C) groups is 1. The summed E-state index contributed by atoms with van der Waals surface area (Å²) in [6.45, 7) is 4.98. The minimum atomic E-state index is 0.0522. The van der Waals surface area contributed by atoms with Gasteiger partial charge in [-0.05, 0) is 75.5 Å². The molecular formula is C27H32N6O2S. The topological polar surface area (TPSA) is 82.9 Å². The van der Waals surface area contributed by atoms with Gasteiger partial charge in [0, 0.05) is 36.1 Å². The molecule has 2 aliphatic heterocycles. The minimum absolute atomic E-state index is 0.0522. The van der Waals surface area contributed by atoms with Gasteiger partial charge in [-0.25, -0.2) is 9.97 Å². The summed E-state index contributed by atoms with van der Waals surface area (Å²) in [5.74, 6) is 1.97. The Kier molecular flexibility index (Phi) is 6.13. The van der Waals surface area contributed by atoms with Gasteiger partial charge in [0.1, 0.15) is 22.7 Å². The SMILES string of the molecule is CCOc1cc2c(cc1Nc1ncnc3sc4c(c13)CC[C@H](C(=O)N1CC[C@@H](N(C)C)C1)C4)C=NC2. The van der Waals surface area contributed by atoms with E-state index < -0.39 is 0 Å². The monoisotopic (exact) mass is 504 g/mol. The zero-order valence-electron chi connectivity index (χ0n) is 21.1. The third-order valence-electron chi connectivity index (χ3n) is 7.69. The van der Waals surface area contributed by atoms with Gasteiger partial charge in [-0.15, -0.1) is 11.3 Å². The Morgan fingerprint density at radius 2 is 2.17 bits per heavy atom. The molecule has 1 amide bonds. The van der Waals surface area contributed by atoms with Gasteiger partial charge < -0.3 is 19.9 Å². The fourth-order valence-electron chi connectivity index (χ4n) is 5.68. The number of ether oxygens (including phenoxy) is 1. The summed E-state index contributed by atoms with van der Waals surface area (Å²) in [7, 11) is 4.20. The Morgan fingerprint density at radius 3 is 2.97 bits per heavy atom. The molecular weight excluding hydrogens is 472 g/mol. The second kappa shape index (κ2) is 9.44. The Bertz CT molecular complexity index is 1350. The molecule has 9 heteroatoms. The molecule has 0 spiro atoms. The van der Waals surface area contributed by atoms with Crippen LogP contribution in [0.25, 0.3) is 10.2 Å². The number of carbonyl (C=O) groups is 1. The number of nitrogens with one attached hydrogen (secondary N) is 1. The fourth-order valence-corrected chi connectivity index (χ4v) is 6.94. The number of likely N-dealkylation sites (N-methyl/N-ethyl adjacent to an activating group) is 1. The van der Waals surface area contributed by atoms with Gasteiger partial charge in [-0.1, -0.05) is 0 Å². The molecule has 0 saturated carbocycles. The molecule has 3 aromatic rings. The number of nitrogens with zero attached hydrogens (tertiary/aromatic N) is 5. The number of hydrogen-bond donors (Lipinski definition) is 1. The van der Waals surface area contributed by atoms with E-state index in [4.69, 9.17) is 4.74 Å². The van der Waals surface area contributed by atoms with Gasteiger partial charge in [0.05, 0.1) is 24.2 Å². The smallest absolute Gasteiger partial charge is 0.226 e. The van der Waals surface area contributed by atoms with E-state index in [-0.39, 0.29) is 5.92 Å². The summed E-state index contributed by atoms with van der Waals surface area (Å²) in [6.07, 6.45) is 7.12. The van der Waals surface area contributed by atoms with Gasteiger partial charge >= 0.3 is 0 Å². The van der Waals surface area contributed by atoms with Crippen LogP contribution < -0.4 is 10.1 Å². The molecule has 1 saturated heterocycles. The Hall–Kier alpha value is -3.04. The van der Waals surface area contributed by atoms with E-state index in [1.807, 2.05) is 13.1 Å². The van der Waals surface area contributed by atoms with E-state index in [9.17, 15) is 4.79 Å². The average Bonchev–Trinajstić information content (AvgIpc) is 3.61. The third-order valence-corrected chi connectivity index (χ3v) is 8.85. The van der Waals surface area contributed by atoms with Gasteiger partial charge in [0.15, 0.2) is 0 Å². The van der Waals surface area contributed by atoms with E-state index in [1.54, 1.807) is 17.7 Å². The standard InChI is InChI=1S/C27H32N6O2S/c1-4-35-22-10-18-13-28-12-17(18)9-21(22)31-25-24-20-6-5-16(11-23(20)36-26(24)30-15-29-25)27(34)33-8-7-19(14-33)32(2)3/h9-10,12,15-16,19H,4-8,11,13-14H2,1-3H3,(H,29,30,31)/t16-,19+/m0/s1. The van der Waals surface area contributed by atoms with Crippen molar-refractivity contribution in [3.8, 4) is 5.75 Å². The van der Waals surface area contributed by atoms with Gasteiger partial charge in [0.2, 0.25) is 5.91 Å². The van der Waals surface area contributed by atoms with Crippen LogP contribution >= 0.6 is 11.3 Å². The summed E-state index contributed by atoms with van der Waals surface area (Å²) < 4.78 is 5.95. The van der Waals surface area contributed by atoms with Crippen molar-refractivity contribution in [2.24, 2.45) is 10.9 Å². The van der Waals surface area contributed by atoms with E-state index >= 15 is 0 Å². The highest BCUT2D eigenvalue weighted by Gasteiger charge is 2.35. The first-order valence-electron chi connectivity index (χ1n) is 12.8. The van der Waals surface area contributed by atoms with Crippen LogP contribution in [0.1, 0.15) is 41.3 Å². The van der Waals surface area contributed by atoms with Crippen LogP contribution in [0.4, 0.5) is 11.5 Å². The van der Waals surface area contributed by atoms with Crippen molar-refractivity contribution in [1.29, 1.82) is 0 Å². The molecule has 2 atom stereocenters. The molecule has 8 nitrogen and oxygen atoms in total. The van der Waals surface area contributed by atoms with Crippen molar-refractivity contribution in [3.63, 3.8) is 0 Å². The van der Waals surface area contributed by atoms with Gasteiger partial charge in [-0.3, -0.25) is 9.79 Å². The maximum Gasteiger partial charge on any atom is 0.226 e. The van der Waals surface area contributed by atoms with Crippen LogP contribution in [0, 0.1) is 5.92 Å².